The van der Waals surface area contributed by atoms with Crippen LogP contribution in [0.25, 0.3) is 22.3 Å². The Balaban J connectivity index is 1.69. The van der Waals surface area contributed by atoms with Gasteiger partial charge in [0.1, 0.15) is 10.0 Å². The van der Waals surface area contributed by atoms with Crippen LogP contribution in [0.2, 0.25) is 0 Å². The molecule has 1 aliphatic rings. The fourth-order valence-electron chi connectivity index (χ4n) is 3.01. The van der Waals surface area contributed by atoms with Gasteiger partial charge < -0.3 is 4.74 Å². The first-order valence-corrected chi connectivity index (χ1v) is 11.2. The number of hydrogen-bond donors (Lipinski definition) is 0. The highest BCUT2D eigenvalue weighted by Crippen LogP contribution is 2.34. The van der Waals surface area contributed by atoms with Crippen molar-refractivity contribution < 1.29 is 9.53 Å². The molecule has 148 valence electrons. The predicted octanol–water partition coefficient (Wildman–Crippen LogP) is 4.84. The van der Waals surface area contributed by atoms with Crippen molar-refractivity contribution >= 4 is 51.6 Å². The summed E-state index contributed by atoms with van der Waals surface area (Å²) in [6, 6.07) is 16.0. The summed E-state index contributed by atoms with van der Waals surface area (Å²) in [5.74, 6) is -0.0606. The van der Waals surface area contributed by atoms with E-state index in [0.29, 0.717) is 22.4 Å². The fourth-order valence-corrected chi connectivity index (χ4v) is 4.99. The summed E-state index contributed by atoms with van der Waals surface area (Å²) in [5.41, 5.74) is 2.67. The van der Waals surface area contributed by atoms with Crippen LogP contribution in [-0.2, 0) is 9.53 Å². The first kappa shape index (κ1) is 20.0. The molecule has 5 nitrogen and oxygen atoms in total. The lowest BCUT2D eigenvalue weighted by Crippen LogP contribution is -2.29. The molecule has 29 heavy (non-hydrogen) atoms. The van der Waals surface area contributed by atoms with Gasteiger partial charge in [0.05, 0.1) is 21.2 Å². The molecule has 1 aliphatic heterocycles. The second-order valence-electron chi connectivity index (χ2n) is 6.36. The van der Waals surface area contributed by atoms with Gasteiger partial charge in [-0.05, 0) is 42.1 Å². The average molecular weight is 442 g/mol. The standard InChI is InChI=1S/C21H19N3O2S3/c1-26-11-6-10-23-20(25)19(29-21(23)27)14-16-13-17(18-9-5-12-28-18)22-24(16)15-7-3-2-4-8-15/h2-5,7-9,12-14H,6,10-11H2,1H3. The third-order valence-corrected chi connectivity index (χ3v) is 6.66. The molecule has 0 radical (unpaired) electrons. The number of methoxy groups -OCH3 is 1. The number of thiophene rings is 1. The normalized spacial score (nSPS) is 15.6. The van der Waals surface area contributed by atoms with E-state index in [9.17, 15) is 4.79 Å². The molecule has 1 saturated heterocycles. The highest BCUT2D eigenvalue weighted by Gasteiger charge is 2.32. The number of nitrogens with zero attached hydrogens (tertiary/aromatic N) is 3. The Morgan fingerprint density at radius 2 is 2.03 bits per heavy atom. The molecular formula is C21H19N3O2S3. The summed E-state index contributed by atoms with van der Waals surface area (Å²) in [4.78, 5) is 16.2. The zero-order chi connectivity index (χ0) is 20.2. The maximum Gasteiger partial charge on any atom is 0.266 e. The Morgan fingerprint density at radius 1 is 1.21 bits per heavy atom. The van der Waals surface area contributed by atoms with Crippen molar-refractivity contribution in [3.05, 3.63) is 64.5 Å². The summed E-state index contributed by atoms with van der Waals surface area (Å²) >= 11 is 8.40. The largest absolute Gasteiger partial charge is 0.385 e. The van der Waals surface area contributed by atoms with Crippen LogP contribution in [0.3, 0.4) is 0 Å². The minimum absolute atomic E-state index is 0.0606. The lowest BCUT2D eigenvalue weighted by atomic mass is 10.2. The van der Waals surface area contributed by atoms with Gasteiger partial charge in [-0.2, -0.15) is 5.10 Å². The second-order valence-corrected chi connectivity index (χ2v) is 8.98. The van der Waals surface area contributed by atoms with Crippen molar-refractivity contribution in [3.63, 3.8) is 0 Å². The third kappa shape index (κ3) is 4.35. The number of aromatic nitrogens is 2. The van der Waals surface area contributed by atoms with Gasteiger partial charge in [0.15, 0.2) is 0 Å². The number of benzene rings is 1. The molecule has 0 aliphatic carbocycles. The average Bonchev–Trinajstić information content (AvgIpc) is 3.45. The van der Waals surface area contributed by atoms with E-state index in [1.165, 1.54) is 11.8 Å². The summed E-state index contributed by atoms with van der Waals surface area (Å²) in [7, 11) is 1.65. The summed E-state index contributed by atoms with van der Waals surface area (Å²) < 4.78 is 7.54. The molecule has 4 rings (SSSR count). The number of hydrogen-bond acceptors (Lipinski definition) is 6. The molecule has 1 fully saturated rings. The quantitative estimate of drug-likeness (QED) is 0.298. The Morgan fingerprint density at radius 3 is 2.76 bits per heavy atom. The van der Waals surface area contributed by atoms with Gasteiger partial charge in [0, 0.05) is 20.3 Å². The van der Waals surface area contributed by atoms with Crippen molar-refractivity contribution in [3.8, 4) is 16.3 Å². The van der Waals surface area contributed by atoms with Crippen LogP contribution in [-0.4, -0.2) is 45.2 Å². The van der Waals surface area contributed by atoms with Crippen LogP contribution in [0.1, 0.15) is 12.1 Å². The summed E-state index contributed by atoms with van der Waals surface area (Å²) in [6.45, 7) is 1.16. The minimum Gasteiger partial charge on any atom is -0.385 e. The molecule has 1 aromatic carbocycles. The van der Waals surface area contributed by atoms with E-state index in [4.69, 9.17) is 22.1 Å². The molecule has 3 heterocycles. The number of carbonyl (C=O) groups is 1. The van der Waals surface area contributed by atoms with Crippen molar-refractivity contribution in [1.29, 1.82) is 0 Å². The third-order valence-electron chi connectivity index (χ3n) is 4.39. The van der Waals surface area contributed by atoms with Crippen LogP contribution < -0.4 is 0 Å². The molecule has 0 spiro atoms. The SMILES string of the molecule is COCCCN1C(=O)C(=Cc2cc(-c3cccs3)nn2-c2ccccc2)SC1=S. The van der Waals surface area contributed by atoms with Crippen LogP contribution in [0, 0.1) is 0 Å². The number of thioether (sulfide) groups is 1. The Kier molecular flexibility index (Phi) is 6.25. The molecular weight excluding hydrogens is 422 g/mol. The lowest BCUT2D eigenvalue weighted by Gasteiger charge is -2.13. The smallest absolute Gasteiger partial charge is 0.266 e. The van der Waals surface area contributed by atoms with Gasteiger partial charge in [0.25, 0.3) is 5.91 Å². The van der Waals surface area contributed by atoms with Crippen LogP contribution in [0.5, 0.6) is 0 Å². The van der Waals surface area contributed by atoms with Gasteiger partial charge >= 0.3 is 0 Å². The van der Waals surface area contributed by atoms with Gasteiger partial charge in [-0.3, -0.25) is 9.69 Å². The molecule has 0 atom stereocenters. The molecule has 2 aromatic heterocycles. The van der Waals surface area contributed by atoms with E-state index < -0.39 is 0 Å². The number of para-hydroxylation sites is 1. The van der Waals surface area contributed by atoms with Crippen LogP contribution in [0.4, 0.5) is 0 Å². The molecule has 0 unspecified atom stereocenters. The predicted molar refractivity (Wildman–Crippen MR) is 123 cm³/mol. The van der Waals surface area contributed by atoms with Crippen LogP contribution in [0.15, 0.2) is 58.8 Å². The van der Waals surface area contributed by atoms with E-state index >= 15 is 0 Å². The second kappa shape index (κ2) is 9.04. The number of carbonyl (C=O) groups excluding carboxylic acids is 1. The van der Waals surface area contributed by atoms with Crippen molar-refractivity contribution in [1.82, 2.24) is 14.7 Å². The maximum absolute atomic E-state index is 12.9. The number of ether oxygens (including phenoxy) is 1. The molecule has 1 amide bonds. The van der Waals surface area contributed by atoms with Crippen molar-refractivity contribution in [2.75, 3.05) is 20.3 Å². The number of thiocarbonyl (C=S) groups is 1. The highest BCUT2D eigenvalue weighted by atomic mass is 32.2. The highest BCUT2D eigenvalue weighted by molar-refractivity contribution is 8.26. The first-order valence-electron chi connectivity index (χ1n) is 9.11. The zero-order valence-corrected chi connectivity index (χ0v) is 18.2. The van der Waals surface area contributed by atoms with E-state index in [0.717, 1.165) is 28.4 Å². The molecule has 8 heteroatoms. The summed E-state index contributed by atoms with van der Waals surface area (Å²) in [6.07, 6.45) is 2.63. The van der Waals surface area contributed by atoms with E-state index in [-0.39, 0.29) is 5.91 Å². The van der Waals surface area contributed by atoms with Crippen molar-refractivity contribution in [2.45, 2.75) is 6.42 Å². The molecule has 0 saturated carbocycles. The van der Waals surface area contributed by atoms with Crippen molar-refractivity contribution in [2.24, 2.45) is 0 Å². The number of amides is 1. The molecule has 0 N–H and O–H groups in total. The zero-order valence-electron chi connectivity index (χ0n) is 15.8. The number of rotatable bonds is 7. The minimum atomic E-state index is -0.0606. The first-order chi connectivity index (χ1) is 14.2. The van der Waals surface area contributed by atoms with E-state index in [1.807, 2.05) is 64.7 Å². The Bertz CT molecular complexity index is 1040. The van der Waals surface area contributed by atoms with Gasteiger partial charge in [0.2, 0.25) is 0 Å². The van der Waals surface area contributed by atoms with E-state index in [2.05, 4.69) is 0 Å². The van der Waals surface area contributed by atoms with Crippen LogP contribution >= 0.6 is 35.3 Å². The summed E-state index contributed by atoms with van der Waals surface area (Å²) in [5, 5.41) is 6.82. The van der Waals surface area contributed by atoms with Gasteiger partial charge in [-0.15, -0.1) is 11.3 Å². The van der Waals surface area contributed by atoms with Gasteiger partial charge in [-0.1, -0.05) is 48.2 Å². The monoisotopic (exact) mass is 441 g/mol. The molecule has 3 aromatic rings. The van der Waals surface area contributed by atoms with Gasteiger partial charge in [-0.25, -0.2) is 4.68 Å². The Hall–Kier alpha value is -2.26. The van der Waals surface area contributed by atoms with E-state index in [1.54, 1.807) is 23.3 Å². The fraction of sp³-hybridized carbons (Fsp3) is 0.190. The topological polar surface area (TPSA) is 47.4 Å². The Labute approximate surface area is 183 Å². The maximum atomic E-state index is 12.9. The lowest BCUT2D eigenvalue weighted by molar-refractivity contribution is -0.122. The molecule has 0 bridgehead atoms.